The largest absolute Gasteiger partial charge is 0.377 e. The average Bonchev–Trinajstić information content (AvgIpc) is 2.83. The standard InChI is InChI=1S/C15H30N2O/c1-4-13-7-5-9-15(13,11-16)17-10-6-8-14(2,12-17)18-3/h13H,4-12,16H2,1-3H3. The summed E-state index contributed by atoms with van der Waals surface area (Å²) in [5.41, 5.74) is 6.50. The lowest BCUT2D eigenvalue weighted by Crippen LogP contribution is -2.62. The molecular formula is C15H30N2O. The molecule has 2 N–H and O–H groups in total. The van der Waals surface area contributed by atoms with Crippen LogP contribution in [0.25, 0.3) is 0 Å². The Labute approximate surface area is 112 Å². The fourth-order valence-electron chi connectivity index (χ4n) is 4.28. The number of methoxy groups -OCH3 is 1. The quantitative estimate of drug-likeness (QED) is 0.837. The molecule has 3 heteroatoms. The van der Waals surface area contributed by atoms with E-state index < -0.39 is 0 Å². The van der Waals surface area contributed by atoms with Crippen molar-refractivity contribution >= 4 is 0 Å². The first kappa shape index (κ1) is 14.3. The van der Waals surface area contributed by atoms with Crippen molar-refractivity contribution in [2.24, 2.45) is 11.7 Å². The van der Waals surface area contributed by atoms with Crippen LogP contribution in [0.2, 0.25) is 0 Å². The first-order chi connectivity index (χ1) is 8.60. The van der Waals surface area contributed by atoms with E-state index in [0.717, 1.165) is 19.0 Å². The zero-order chi connectivity index (χ0) is 13.2. The van der Waals surface area contributed by atoms with Gasteiger partial charge in [0.2, 0.25) is 0 Å². The molecule has 0 aromatic rings. The maximum absolute atomic E-state index is 6.21. The number of ether oxygens (including phenoxy) is 1. The van der Waals surface area contributed by atoms with Gasteiger partial charge in [-0.3, -0.25) is 4.90 Å². The molecule has 106 valence electrons. The van der Waals surface area contributed by atoms with Crippen LogP contribution in [0.15, 0.2) is 0 Å². The third kappa shape index (κ3) is 2.33. The Kier molecular flexibility index (Phi) is 4.35. The van der Waals surface area contributed by atoms with Crippen LogP contribution in [0.5, 0.6) is 0 Å². The van der Waals surface area contributed by atoms with Gasteiger partial charge < -0.3 is 10.5 Å². The van der Waals surface area contributed by atoms with Crippen molar-refractivity contribution in [3.63, 3.8) is 0 Å². The Morgan fingerprint density at radius 3 is 2.72 bits per heavy atom. The molecule has 3 nitrogen and oxygen atoms in total. The Hall–Kier alpha value is -0.120. The predicted octanol–water partition coefficient (Wildman–Crippen LogP) is 2.39. The molecule has 2 fully saturated rings. The number of hydrogen-bond acceptors (Lipinski definition) is 3. The maximum Gasteiger partial charge on any atom is 0.0777 e. The number of rotatable bonds is 4. The van der Waals surface area contributed by atoms with Crippen LogP contribution < -0.4 is 5.73 Å². The van der Waals surface area contributed by atoms with Gasteiger partial charge in [0, 0.05) is 25.7 Å². The van der Waals surface area contributed by atoms with Crippen LogP contribution in [0.4, 0.5) is 0 Å². The van der Waals surface area contributed by atoms with Crippen molar-refractivity contribution in [1.82, 2.24) is 4.90 Å². The number of nitrogens with zero attached hydrogens (tertiary/aromatic N) is 1. The fraction of sp³-hybridized carbons (Fsp3) is 1.00. The van der Waals surface area contributed by atoms with Crippen molar-refractivity contribution in [1.29, 1.82) is 0 Å². The second kappa shape index (κ2) is 5.48. The molecule has 1 saturated heterocycles. The molecule has 1 saturated carbocycles. The average molecular weight is 254 g/mol. The van der Waals surface area contributed by atoms with Gasteiger partial charge in [0.25, 0.3) is 0 Å². The second-order valence-electron chi connectivity index (χ2n) is 6.48. The molecule has 2 aliphatic rings. The van der Waals surface area contributed by atoms with Gasteiger partial charge in [0.05, 0.1) is 5.60 Å². The molecule has 1 aliphatic heterocycles. The van der Waals surface area contributed by atoms with Gasteiger partial charge in [-0.2, -0.15) is 0 Å². The normalized spacial score (nSPS) is 42.3. The highest BCUT2D eigenvalue weighted by Gasteiger charge is 2.48. The summed E-state index contributed by atoms with van der Waals surface area (Å²) >= 11 is 0. The topological polar surface area (TPSA) is 38.5 Å². The molecule has 0 amide bonds. The van der Waals surface area contributed by atoms with E-state index in [1.807, 2.05) is 7.11 Å². The van der Waals surface area contributed by atoms with E-state index in [9.17, 15) is 0 Å². The van der Waals surface area contributed by atoms with Crippen molar-refractivity contribution in [3.8, 4) is 0 Å². The van der Waals surface area contributed by atoms with E-state index in [0.29, 0.717) is 0 Å². The van der Waals surface area contributed by atoms with Crippen molar-refractivity contribution in [2.75, 3.05) is 26.7 Å². The smallest absolute Gasteiger partial charge is 0.0777 e. The predicted molar refractivity (Wildman–Crippen MR) is 75.6 cm³/mol. The number of piperidine rings is 1. The number of hydrogen-bond donors (Lipinski definition) is 1. The van der Waals surface area contributed by atoms with Crippen molar-refractivity contribution in [2.45, 2.75) is 63.5 Å². The van der Waals surface area contributed by atoms with Crippen molar-refractivity contribution < 1.29 is 4.74 Å². The SMILES string of the molecule is CCC1CCCC1(CN)N1CCCC(C)(OC)C1. The van der Waals surface area contributed by atoms with E-state index in [4.69, 9.17) is 10.5 Å². The Balaban J connectivity index is 2.17. The van der Waals surface area contributed by atoms with Gasteiger partial charge >= 0.3 is 0 Å². The Morgan fingerprint density at radius 1 is 1.33 bits per heavy atom. The van der Waals surface area contributed by atoms with Gasteiger partial charge in [0.1, 0.15) is 0 Å². The summed E-state index contributed by atoms with van der Waals surface area (Å²) in [6.07, 6.45) is 7.66. The Bertz CT molecular complexity index is 284. The minimum Gasteiger partial charge on any atom is -0.377 e. The van der Waals surface area contributed by atoms with Gasteiger partial charge in [-0.15, -0.1) is 0 Å². The summed E-state index contributed by atoms with van der Waals surface area (Å²) in [5.74, 6) is 0.779. The van der Waals surface area contributed by atoms with Crippen LogP contribution in [-0.2, 0) is 4.74 Å². The molecular weight excluding hydrogens is 224 g/mol. The molecule has 3 unspecified atom stereocenters. The monoisotopic (exact) mass is 254 g/mol. The number of likely N-dealkylation sites (tertiary alicyclic amines) is 1. The second-order valence-corrected chi connectivity index (χ2v) is 6.48. The minimum absolute atomic E-state index is 0.0291. The maximum atomic E-state index is 6.21. The Morgan fingerprint density at radius 2 is 2.11 bits per heavy atom. The van der Waals surface area contributed by atoms with Gasteiger partial charge in [-0.25, -0.2) is 0 Å². The number of nitrogens with two attached hydrogens (primary N) is 1. The van der Waals surface area contributed by atoms with E-state index in [-0.39, 0.29) is 11.1 Å². The lowest BCUT2D eigenvalue weighted by molar-refractivity contribution is -0.0881. The van der Waals surface area contributed by atoms with Crippen LogP contribution in [0.1, 0.15) is 52.4 Å². The first-order valence-electron chi connectivity index (χ1n) is 7.60. The van der Waals surface area contributed by atoms with Crippen LogP contribution in [0, 0.1) is 5.92 Å². The zero-order valence-corrected chi connectivity index (χ0v) is 12.4. The third-order valence-corrected chi connectivity index (χ3v) is 5.55. The molecule has 0 aromatic heterocycles. The zero-order valence-electron chi connectivity index (χ0n) is 12.4. The molecule has 18 heavy (non-hydrogen) atoms. The fourth-order valence-corrected chi connectivity index (χ4v) is 4.28. The van der Waals surface area contributed by atoms with Gasteiger partial charge in [-0.1, -0.05) is 19.8 Å². The van der Waals surface area contributed by atoms with E-state index >= 15 is 0 Å². The summed E-state index contributed by atoms with van der Waals surface area (Å²) in [6, 6.07) is 0. The van der Waals surface area contributed by atoms with Crippen molar-refractivity contribution in [3.05, 3.63) is 0 Å². The van der Waals surface area contributed by atoms with Crippen LogP contribution in [0.3, 0.4) is 0 Å². The van der Waals surface area contributed by atoms with Crippen LogP contribution in [-0.4, -0.2) is 42.8 Å². The lowest BCUT2D eigenvalue weighted by Gasteiger charge is -2.51. The molecule has 2 rings (SSSR count). The summed E-state index contributed by atoms with van der Waals surface area (Å²) in [4.78, 5) is 2.67. The van der Waals surface area contributed by atoms with E-state index in [1.54, 1.807) is 0 Å². The summed E-state index contributed by atoms with van der Waals surface area (Å²) in [5, 5.41) is 0. The van der Waals surface area contributed by atoms with Crippen LogP contribution >= 0.6 is 0 Å². The molecule has 1 heterocycles. The molecule has 0 radical (unpaired) electrons. The van der Waals surface area contributed by atoms with E-state index in [2.05, 4.69) is 18.7 Å². The lowest BCUT2D eigenvalue weighted by atomic mass is 9.80. The van der Waals surface area contributed by atoms with E-state index in [1.165, 1.54) is 45.1 Å². The third-order valence-electron chi connectivity index (χ3n) is 5.55. The first-order valence-corrected chi connectivity index (χ1v) is 7.60. The molecule has 1 aliphatic carbocycles. The van der Waals surface area contributed by atoms with Gasteiger partial charge in [0.15, 0.2) is 0 Å². The summed E-state index contributed by atoms with van der Waals surface area (Å²) < 4.78 is 5.74. The summed E-state index contributed by atoms with van der Waals surface area (Å²) in [7, 11) is 1.85. The van der Waals surface area contributed by atoms with Gasteiger partial charge in [-0.05, 0) is 45.1 Å². The minimum atomic E-state index is 0.0291. The molecule has 0 aromatic carbocycles. The highest BCUT2D eigenvalue weighted by atomic mass is 16.5. The summed E-state index contributed by atoms with van der Waals surface area (Å²) in [6.45, 7) is 7.63. The highest BCUT2D eigenvalue weighted by molar-refractivity contribution is 5.04. The molecule has 0 bridgehead atoms. The molecule has 3 atom stereocenters. The molecule has 0 spiro atoms. The highest BCUT2D eigenvalue weighted by Crippen LogP contribution is 2.44.